The first-order valence-corrected chi connectivity index (χ1v) is 4.65. The van der Waals surface area contributed by atoms with E-state index in [-0.39, 0.29) is 12.0 Å². The molecule has 0 aliphatic carbocycles. The third-order valence-corrected chi connectivity index (χ3v) is 3.08. The number of carbonyl (C=O) groups is 1. The zero-order valence-corrected chi connectivity index (χ0v) is 9.55. The van der Waals surface area contributed by atoms with Crippen LogP contribution < -0.4 is 0 Å². The highest BCUT2D eigenvalue weighted by molar-refractivity contribution is 5.77. The summed E-state index contributed by atoms with van der Waals surface area (Å²) in [4.78, 5) is 13.6. The van der Waals surface area contributed by atoms with Crippen LogP contribution in [0.15, 0.2) is 0 Å². The lowest BCUT2D eigenvalue weighted by molar-refractivity contribution is -0.155. The molecule has 0 aliphatic rings. The van der Waals surface area contributed by atoms with Crippen molar-refractivity contribution in [1.82, 2.24) is 4.90 Å². The van der Waals surface area contributed by atoms with Crippen LogP contribution in [0.25, 0.3) is 0 Å². The average molecular weight is 187 g/mol. The second kappa shape index (κ2) is 4.61. The Kier molecular flexibility index (Phi) is 4.40. The van der Waals surface area contributed by atoms with Crippen molar-refractivity contribution < 1.29 is 9.53 Å². The quantitative estimate of drug-likeness (QED) is 0.625. The molecule has 13 heavy (non-hydrogen) atoms. The van der Waals surface area contributed by atoms with Gasteiger partial charge in [-0.25, -0.2) is 0 Å². The molecule has 2 unspecified atom stereocenters. The Morgan fingerprint density at radius 3 is 2.23 bits per heavy atom. The topological polar surface area (TPSA) is 29.5 Å². The van der Waals surface area contributed by atoms with Crippen LogP contribution in [-0.4, -0.2) is 38.1 Å². The molecule has 0 fully saturated rings. The van der Waals surface area contributed by atoms with E-state index in [9.17, 15) is 4.79 Å². The Morgan fingerprint density at radius 1 is 1.54 bits per heavy atom. The van der Waals surface area contributed by atoms with Crippen LogP contribution in [0.1, 0.15) is 27.2 Å². The van der Waals surface area contributed by atoms with E-state index in [0.717, 1.165) is 6.42 Å². The summed E-state index contributed by atoms with van der Waals surface area (Å²) in [7, 11) is 5.39. The molecule has 0 aromatic carbocycles. The van der Waals surface area contributed by atoms with Gasteiger partial charge in [0.1, 0.15) is 0 Å². The van der Waals surface area contributed by atoms with Gasteiger partial charge in [0.05, 0.1) is 12.5 Å². The second-order valence-corrected chi connectivity index (χ2v) is 3.90. The fourth-order valence-corrected chi connectivity index (χ4v) is 1.41. The van der Waals surface area contributed by atoms with E-state index in [4.69, 9.17) is 4.74 Å². The first-order chi connectivity index (χ1) is 5.90. The lowest BCUT2D eigenvalue weighted by atomic mass is 9.80. The van der Waals surface area contributed by atoms with E-state index in [2.05, 4.69) is 0 Å². The van der Waals surface area contributed by atoms with E-state index in [1.165, 1.54) is 7.11 Å². The molecule has 0 heterocycles. The van der Waals surface area contributed by atoms with Crippen molar-refractivity contribution in [2.45, 2.75) is 33.2 Å². The number of rotatable bonds is 4. The van der Waals surface area contributed by atoms with E-state index < -0.39 is 5.41 Å². The fourth-order valence-electron chi connectivity index (χ4n) is 1.41. The monoisotopic (exact) mass is 187 g/mol. The number of esters is 1. The minimum absolute atomic E-state index is 0.129. The normalized spacial score (nSPS) is 18.1. The lowest BCUT2D eigenvalue weighted by Gasteiger charge is -2.35. The van der Waals surface area contributed by atoms with Crippen LogP contribution >= 0.6 is 0 Å². The molecule has 0 aromatic rings. The Bertz CT molecular complexity index is 180. The van der Waals surface area contributed by atoms with Gasteiger partial charge < -0.3 is 9.64 Å². The van der Waals surface area contributed by atoms with Crippen molar-refractivity contribution in [2.24, 2.45) is 5.41 Å². The number of hydrogen-bond acceptors (Lipinski definition) is 3. The van der Waals surface area contributed by atoms with Gasteiger partial charge in [-0.15, -0.1) is 0 Å². The van der Waals surface area contributed by atoms with Crippen molar-refractivity contribution in [2.75, 3.05) is 21.2 Å². The van der Waals surface area contributed by atoms with Gasteiger partial charge in [-0.05, 0) is 34.4 Å². The predicted octanol–water partition coefficient (Wildman–Crippen LogP) is 1.53. The maximum atomic E-state index is 11.6. The Hall–Kier alpha value is -0.570. The van der Waals surface area contributed by atoms with Crippen LogP contribution in [0.4, 0.5) is 0 Å². The van der Waals surface area contributed by atoms with Gasteiger partial charge in [-0.3, -0.25) is 4.79 Å². The van der Waals surface area contributed by atoms with Crippen molar-refractivity contribution in [1.29, 1.82) is 0 Å². The summed E-state index contributed by atoms with van der Waals surface area (Å²) in [6, 6.07) is 0.185. The summed E-state index contributed by atoms with van der Waals surface area (Å²) in [5.74, 6) is -0.129. The molecule has 0 bridgehead atoms. The van der Waals surface area contributed by atoms with Gasteiger partial charge in [0.15, 0.2) is 0 Å². The van der Waals surface area contributed by atoms with E-state index in [1.54, 1.807) is 0 Å². The molecule has 0 aliphatic heterocycles. The fraction of sp³-hybridized carbons (Fsp3) is 0.900. The van der Waals surface area contributed by atoms with E-state index in [0.29, 0.717) is 0 Å². The molecule has 0 spiro atoms. The molecule has 0 saturated carbocycles. The summed E-state index contributed by atoms with van der Waals surface area (Å²) in [5.41, 5.74) is -0.405. The molecule has 0 saturated heterocycles. The largest absolute Gasteiger partial charge is 0.469 e. The van der Waals surface area contributed by atoms with Crippen LogP contribution in [0, 0.1) is 5.41 Å². The number of methoxy groups -OCH3 is 1. The summed E-state index contributed by atoms with van der Waals surface area (Å²) in [5, 5.41) is 0. The van der Waals surface area contributed by atoms with Gasteiger partial charge >= 0.3 is 5.97 Å². The van der Waals surface area contributed by atoms with Crippen LogP contribution in [0.2, 0.25) is 0 Å². The number of carbonyl (C=O) groups excluding carboxylic acids is 1. The van der Waals surface area contributed by atoms with Crippen molar-refractivity contribution in [3.63, 3.8) is 0 Å². The maximum absolute atomic E-state index is 11.6. The highest BCUT2D eigenvalue weighted by Crippen LogP contribution is 2.29. The third kappa shape index (κ3) is 2.44. The van der Waals surface area contributed by atoms with Crippen molar-refractivity contribution >= 4 is 5.97 Å². The van der Waals surface area contributed by atoms with Gasteiger partial charge in [0.25, 0.3) is 0 Å². The average Bonchev–Trinajstić information content (AvgIpc) is 2.13. The summed E-state index contributed by atoms with van der Waals surface area (Å²) in [6.45, 7) is 6.00. The van der Waals surface area contributed by atoms with E-state index in [1.807, 2.05) is 39.8 Å². The van der Waals surface area contributed by atoms with Gasteiger partial charge in [0.2, 0.25) is 0 Å². The molecule has 0 rings (SSSR count). The zero-order chi connectivity index (χ0) is 10.6. The van der Waals surface area contributed by atoms with E-state index >= 15 is 0 Å². The van der Waals surface area contributed by atoms with Crippen LogP contribution in [0.3, 0.4) is 0 Å². The highest BCUT2D eigenvalue weighted by atomic mass is 16.5. The molecule has 2 atom stereocenters. The standard InChI is InChI=1S/C10H21NO2/c1-7-10(3,9(12)13-6)8(2)11(4)5/h8H,7H2,1-6H3. The SMILES string of the molecule is CCC(C)(C(=O)OC)C(C)N(C)C. The van der Waals surface area contributed by atoms with Crippen LogP contribution in [-0.2, 0) is 9.53 Å². The molecule has 3 nitrogen and oxygen atoms in total. The number of hydrogen-bond donors (Lipinski definition) is 0. The molecule has 0 N–H and O–H groups in total. The molecular formula is C10H21NO2. The van der Waals surface area contributed by atoms with Gasteiger partial charge in [-0.2, -0.15) is 0 Å². The highest BCUT2D eigenvalue weighted by Gasteiger charge is 2.39. The summed E-state index contributed by atoms with van der Waals surface area (Å²) in [6.07, 6.45) is 0.791. The maximum Gasteiger partial charge on any atom is 0.313 e. The Morgan fingerprint density at radius 2 is 2.00 bits per heavy atom. The predicted molar refractivity (Wildman–Crippen MR) is 53.6 cm³/mol. The molecular weight excluding hydrogens is 166 g/mol. The molecule has 78 valence electrons. The minimum atomic E-state index is -0.405. The summed E-state index contributed by atoms with van der Waals surface area (Å²) >= 11 is 0. The number of ether oxygens (including phenoxy) is 1. The molecule has 0 aromatic heterocycles. The first-order valence-electron chi connectivity index (χ1n) is 4.65. The van der Waals surface area contributed by atoms with Gasteiger partial charge in [-0.1, -0.05) is 6.92 Å². The zero-order valence-electron chi connectivity index (χ0n) is 9.55. The third-order valence-electron chi connectivity index (χ3n) is 3.08. The smallest absolute Gasteiger partial charge is 0.313 e. The Balaban J connectivity index is 4.71. The first kappa shape index (κ1) is 12.4. The summed E-state index contributed by atoms with van der Waals surface area (Å²) < 4.78 is 4.81. The van der Waals surface area contributed by atoms with Crippen molar-refractivity contribution in [3.8, 4) is 0 Å². The second-order valence-electron chi connectivity index (χ2n) is 3.90. The van der Waals surface area contributed by atoms with Gasteiger partial charge in [0, 0.05) is 6.04 Å². The molecule has 3 heteroatoms. The molecule has 0 radical (unpaired) electrons. The number of nitrogens with zero attached hydrogens (tertiary/aromatic N) is 1. The Labute approximate surface area is 81.1 Å². The molecule has 0 amide bonds. The van der Waals surface area contributed by atoms with Crippen molar-refractivity contribution in [3.05, 3.63) is 0 Å². The van der Waals surface area contributed by atoms with Crippen LogP contribution in [0.5, 0.6) is 0 Å². The minimum Gasteiger partial charge on any atom is -0.469 e. The lowest BCUT2D eigenvalue weighted by Crippen LogP contribution is -2.46.